The molecule has 0 radical (unpaired) electrons. The lowest BCUT2D eigenvalue weighted by atomic mass is 10.2. The van der Waals surface area contributed by atoms with E-state index < -0.39 is 23.5 Å². The maximum atomic E-state index is 13.3. The summed E-state index contributed by atoms with van der Waals surface area (Å²) in [5.74, 6) is -2.57. The molecule has 2 aromatic rings. The van der Waals surface area contributed by atoms with Crippen LogP contribution < -0.4 is 10.2 Å². The Morgan fingerprint density at radius 3 is 2.48 bits per heavy atom. The molecule has 0 unspecified atom stereocenters. The van der Waals surface area contributed by atoms with E-state index in [4.69, 9.17) is 11.6 Å². The van der Waals surface area contributed by atoms with Crippen LogP contribution in [0.2, 0.25) is 5.02 Å². The van der Waals surface area contributed by atoms with E-state index in [-0.39, 0.29) is 24.7 Å². The smallest absolute Gasteiger partial charge is 0.316 e. The van der Waals surface area contributed by atoms with E-state index in [0.29, 0.717) is 11.4 Å². The number of anilines is 2. The number of hydrogen-bond donors (Lipinski definition) is 1. The summed E-state index contributed by atoms with van der Waals surface area (Å²) in [5, 5.41) is 2.56. The average Bonchev–Trinajstić information content (AvgIpc) is 2.64. The molecule has 1 heterocycles. The zero-order chi connectivity index (χ0) is 19.6. The van der Waals surface area contributed by atoms with E-state index in [1.165, 1.54) is 21.9 Å². The molecule has 0 aliphatic carbocycles. The zero-order valence-corrected chi connectivity index (χ0v) is 15.3. The molecule has 0 saturated carbocycles. The molecule has 6 nitrogen and oxygen atoms in total. The Hall–Kier alpha value is -2.93. The van der Waals surface area contributed by atoms with Crippen LogP contribution in [0.25, 0.3) is 0 Å². The Bertz CT molecular complexity index is 902. The van der Waals surface area contributed by atoms with Crippen LogP contribution in [0.5, 0.6) is 0 Å². The molecule has 0 spiro atoms. The van der Waals surface area contributed by atoms with E-state index in [0.717, 1.165) is 11.6 Å². The molecule has 1 saturated heterocycles. The van der Waals surface area contributed by atoms with Gasteiger partial charge in [-0.15, -0.1) is 0 Å². The lowest BCUT2D eigenvalue weighted by Gasteiger charge is -2.33. The van der Waals surface area contributed by atoms with Crippen molar-refractivity contribution in [2.24, 2.45) is 0 Å². The van der Waals surface area contributed by atoms with Crippen LogP contribution in [0.4, 0.5) is 15.8 Å². The highest BCUT2D eigenvalue weighted by Crippen LogP contribution is 2.24. The van der Waals surface area contributed by atoms with E-state index in [2.05, 4.69) is 5.32 Å². The molecule has 1 aliphatic rings. The first-order valence-corrected chi connectivity index (χ1v) is 8.65. The first-order valence-electron chi connectivity index (χ1n) is 8.27. The lowest BCUT2D eigenvalue weighted by Crippen LogP contribution is -2.56. The van der Waals surface area contributed by atoms with Gasteiger partial charge in [-0.2, -0.15) is 0 Å². The molecule has 0 atom stereocenters. The minimum atomic E-state index is -0.791. The van der Waals surface area contributed by atoms with Gasteiger partial charge >= 0.3 is 11.8 Å². The van der Waals surface area contributed by atoms with Crippen molar-refractivity contribution in [2.75, 3.05) is 29.9 Å². The van der Waals surface area contributed by atoms with E-state index >= 15 is 0 Å². The van der Waals surface area contributed by atoms with Gasteiger partial charge in [-0.3, -0.25) is 14.4 Å². The Kier molecular flexibility index (Phi) is 5.41. The van der Waals surface area contributed by atoms with Gasteiger partial charge in [-0.1, -0.05) is 29.3 Å². The topological polar surface area (TPSA) is 69.7 Å². The van der Waals surface area contributed by atoms with Gasteiger partial charge in [0, 0.05) is 24.5 Å². The Balaban J connectivity index is 1.64. The predicted molar refractivity (Wildman–Crippen MR) is 100 cm³/mol. The molecule has 0 aromatic heterocycles. The minimum Gasteiger partial charge on any atom is -0.325 e. The highest BCUT2D eigenvalue weighted by Gasteiger charge is 2.34. The second-order valence-electron chi connectivity index (χ2n) is 6.20. The van der Waals surface area contributed by atoms with Crippen LogP contribution >= 0.6 is 11.6 Å². The highest BCUT2D eigenvalue weighted by molar-refractivity contribution is 6.41. The van der Waals surface area contributed by atoms with Crippen LogP contribution in [-0.2, 0) is 14.4 Å². The summed E-state index contributed by atoms with van der Waals surface area (Å²) in [6, 6.07) is 11.0. The molecule has 3 rings (SSSR count). The van der Waals surface area contributed by atoms with E-state index in [1.807, 2.05) is 19.1 Å². The second kappa shape index (κ2) is 7.75. The fourth-order valence-corrected chi connectivity index (χ4v) is 2.91. The van der Waals surface area contributed by atoms with Crippen molar-refractivity contribution in [2.45, 2.75) is 6.92 Å². The average molecular weight is 390 g/mol. The summed E-state index contributed by atoms with van der Waals surface area (Å²) < 4.78 is 13.3. The van der Waals surface area contributed by atoms with Gasteiger partial charge < -0.3 is 15.1 Å². The van der Waals surface area contributed by atoms with Crippen molar-refractivity contribution in [3.05, 3.63) is 58.9 Å². The number of carbonyl (C=O) groups excluding carboxylic acids is 3. The maximum Gasteiger partial charge on any atom is 0.316 e. The largest absolute Gasteiger partial charge is 0.325 e. The first-order chi connectivity index (χ1) is 12.8. The van der Waals surface area contributed by atoms with Gasteiger partial charge in [0.15, 0.2) is 0 Å². The Morgan fingerprint density at radius 1 is 1.11 bits per heavy atom. The van der Waals surface area contributed by atoms with Crippen LogP contribution in [-0.4, -0.2) is 42.3 Å². The molecule has 140 valence electrons. The number of carbonyl (C=O) groups is 3. The van der Waals surface area contributed by atoms with Crippen molar-refractivity contribution in [1.82, 2.24) is 4.90 Å². The first kappa shape index (κ1) is 18.8. The molecular weight excluding hydrogens is 373 g/mol. The van der Waals surface area contributed by atoms with Crippen LogP contribution in [0.15, 0.2) is 42.5 Å². The van der Waals surface area contributed by atoms with Crippen molar-refractivity contribution < 1.29 is 18.8 Å². The molecule has 27 heavy (non-hydrogen) atoms. The van der Waals surface area contributed by atoms with Gasteiger partial charge in [-0.05, 0) is 37.3 Å². The molecule has 2 aromatic carbocycles. The number of benzene rings is 2. The van der Waals surface area contributed by atoms with Crippen molar-refractivity contribution in [1.29, 1.82) is 0 Å². The Labute approximate surface area is 160 Å². The number of nitrogens with one attached hydrogen (secondary N) is 1. The lowest BCUT2D eigenvalue weighted by molar-refractivity contribution is -0.147. The zero-order valence-electron chi connectivity index (χ0n) is 14.5. The number of halogens is 2. The standard InChI is InChI=1S/C19H17ClFN3O3/c1-12-2-4-13(5-3-12)22-17(25)11-23-8-9-24(19(27)18(23)26)14-6-7-16(21)15(20)10-14/h2-7,10H,8-9,11H2,1H3,(H,22,25). The molecule has 3 amide bonds. The highest BCUT2D eigenvalue weighted by atomic mass is 35.5. The SMILES string of the molecule is Cc1ccc(NC(=O)CN2CCN(c3ccc(F)c(Cl)c3)C(=O)C2=O)cc1. The van der Waals surface area contributed by atoms with Crippen LogP contribution in [0.1, 0.15) is 5.56 Å². The van der Waals surface area contributed by atoms with Crippen molar-refractivity contribution in [3.63, 3.8) is 0 Å². The van der Waals surface area contributed by atoms with Gasteiger partial charge in [0.2, 0.25) is 5.91 Å². The number of aryl methyl sites for hydroxylation is 1. The predicted octanol–water partition coefficient (Wildman–Crippen LogP) is 2.60. The number of amides is 3. The Morgan fingerprint density at radius 2 is 1.81 bits per heavy atom. The molecular formula is C19H17ClFN3O3. The molecule has 1 fully saturated rings. The fraction of sp³-hybridized carbons (Fsp3) is 0.211. The number of hydrogen-bond acceptors (Lipinski definition) is 3. The summed E-state index contributed by atoms with van der Waals surface area (Å²) in [6.07, 6.45) is 0. The summed E-state index contributed by atoms with van der Waals surface area (Å²) in [5.41, 5.74) is 2.01. The quantitative estimate of drug-likeness (QED) is 0.817. The van der Waals surface area contributed by atoms with Crippen molar-refractivity contribution in [3.8, 4) is 0 Å². The third-order valence-electron chi connectivity index (χ3n) is 4.19. The second-order valence-corrected chi connectivity index (χ2v) is 6.60. The number of piperazine rings is 1. The third kappa shape index (κ3) is 4.25. The normalized spacial score (nSPS) is 14.5. The number of nitrogens with zero attached hydrogens (tertiary/aromatic N) is 2. The minimum absolute atomic E-state index is 0.132. The van der Waals surface area contributed by atoms with E-state index in [9.17, 15) is 18.8 Å². The summed E-state index contributed by atoms with van der Waals surface area (Å²) >= 11 is 5.74. The summed E-state index contributed by atoms with van der Waals surface area (Å²) in [7, 11) is 0. The third-order valence-corrected chi connectivity index (χ3v) is 4.48. The van der Waals surface area contributed by atoms with Crippen molar-refractivity contribution >= 4 is 40.7 Å². The van der Waals surface area contributed by atoms with Gasteiger partial charge in [-0.25, -0.2) is 4.39 Å². The van der Waals surface area contributed by atoms with Gasteiger partial charge in [0.05, 0.1) is 5.02 Å². The van der Waals surface area contributed by atoms with Gasteiger partial charge in [0.25, 0.3) is 0 Å². The van der Waals surface area contributed by atoms with E-state index in [1.54, 1.807) is 12.1 Å². The molecule has 1 N–H and O–H groups in total. The molecule has 0 bridgehead atoms. The summed E-state index contributed by atoms with van der Waals surface area (Å²) in [6.45, 7) is 2.07. The van der Waals surface area contributed by atoms with Gasteiger partial charge in [0.1, 0.15) is 12.4 Å². The fourth-order valence-electron chi connectivity index (χ4n) is 2.74. The number of rotatable bonds is 4. The van der Waals surface area contributed by atoms with Crippen LogP contribution in [0, 0.1) is 12.7 Å². The summed E-state index contributed by atoms with van der Waals surface area (Å²) in [4.78, 5) is 39.3. The monoisotopic (exact) mass is 389 g/mol. The van der Waals surface area contributed by atoms with Crippen LogP contribution in [0.3, 0.4) is 0 Å². The molecule has 1 aliphatic heterocycles. The maximum absolute atomic E-state index is 13.3. The molecule has 8 heteroatoms.